The minimum atomic E-state index is -0.457. The third-order valence-corrected chi connectivity index (χ3v) is 5.63. The van der Waals surface area contributed by atoms with Crippen LogP contribution in [0.2, 0.25) is 0 Å². The van der Waals surface area contributed by atoms with Gasteiger partial charge in [-0.1, -0.05) is 35.9 Å². The summed E-state index contributed by atoms with van der Waals surface area (Å²) >= 11 is 1.30. The Kier molecular flexibility index (Phi) is 6.90. The van der Waals surface area contributed by atoms with Crippen molar-refractivity contribution in [2.24, 2.45) is 0 Å². The highest BCUT2D eigenvalue weighted by Gasteiger charge is 2.23. The van der Waals surface area contributed by atoms with E-state index in [0.29, 0.717) is 16.3 Å². The predicted molar refractivity (Wildman–Crippen MR) is 120 cm³/mol. The van der Waals surface area contributed by atoms with Gasteiger partial charge in [0.2, 0.25) is 0 Å². The number of aryl methyl sites for hydroxylation is 3. The van der Waals surface area contributed by atoms with Crippen LogP contribution in [0, 0.1) is 20.8 Å². The van der Waals surface area contributed by atoms with Crippen molar-refractivity contribution >= 4 is 28.2 Å². The zero-order valence-corrected chi connectivity index (χ0v) is 18.4. The van der Waals surface area contributed by atoms with Gasteiger partial charge in [-0.2, -0.15) is 0 Å². The Morgan fingerprint density at radius 3 is 2.40 bits per heavy atom. The minimum absolute atomic E-state index is 0.151. The smallest absolute Gasteiger partial charge is 0.341 e. The molecule has 1 amide bonds. The molecule has 0 aliphatic heterocycles. The zero-order chi connectivity index (χ0) is 21.7. The minimum Gasteiger partial charge on any atom is -0.484 e. The molecule has 0 radical (unpaired) electrons. The summed E-state index contributed by atoms with van der Waals surface area (Å²) in [4.78, 5) is 25.1. The van der Waals surface area contributed by atoms with Gasteiger partial charge in [0, 0.05) is 10.9 Å². The predicted octanol–water partition coefficient (Wildman–Crippen LogP) is 5.53. The molecule has 6 heteroatoms. The molecule has 156 valence electrons. The summed E-state index contributed by atoms with van der Waals surface area (Å²) in [5.74, 6) is -0.181. The molecule has 0 saturated carbocycles. The Bertz CT molecular complexity index is 1050. The highest BCUT2D eigenvalue weighted by Crippen LogP contribution is 2.37. The number of ether oxygens (including phenoxy) is 2. The molecule has 0 aliphatic rings. The molecule has 5 nitrogen and oxygen atoms in total. The first kappa shape index (κ1) is 21.6. The van der Waals surface area contributed by atoms with E-state index in [0.717, 1.165) is 22.3 Å². The lowest BCUT2D eigenvalue weighted by Crippen LogP contribution is -2.21. The van der Waals surface area contributed by atoms with Gasteiger partial charge in [-0.3, -0.25) is 4.79 Å². The normalized spacial score (nSPS) is 10.5. The highest BCUT2D eigenvalue weighted by atomic mass is 32.1. The van der Waals surface area contributed by atoms with Crippen molar-refractivity contribution in [3.63, 3.8) is 0 Å². The van der Waals surface area contributed by atoms with Crippen LogP contribution in [0.5, 0.6) is 5.75 Å². The second-order valence-corrected chi connectivity index (χ2v) is 7.90. The number of carbonyl (C=O) groups excluding carboxylic acids is 2. The molecule has 30 heavy (non-hydrogen) atoms. The number of hydrogen-bond donors (Lipinski definition) is 1. The molecule has 0 fully saturated rings. The van der Waals surface area contributed by atoms with E-state index in [9.17, 15) is 9.59 Å². The summed E-state index contributed by atoms with van der Waals surface area (Å²) in [6, 6.07) is 13.5. The van der Waals surface area contributed by atoms with Gasteiger partial charge in [-0.15, -0.1) is 11.3 Å². The van der Waals surface area contributed by atoms with E-state index in [-0.39, 0.29) is 19.1 Å². The van der Waals surface area contributed by atoms with Gasteiger partial charge in [0.05, 0.1) is 6.61 Å². The monoisotopic (exact) mass is 423 g/mol. The van der Waals surface area contributed by atoms with Gasteiger partial charge < -0.3 is 14.8 Å². The van der Waals surface area contributed by atoms with Crippen molar-refractivity contribution in [3.05, 3.63) is 70.1 Å². The molecule has 1 aromatic heterocycles. The fourth-order valence-corrected chi connectivity index (χ4v) is 3.90. The summed E-state index contributed by atoms with van der Waals surface area (Å²) in [6.07, 6.45) is 0. The van der Waals surface area contributed by atoms with Gasteiger partial charge >= 0.3 is 5.97 Å². The Hall–Kier alpha value is -3.12. The van der Waals surface area contributed by atoms with Crippen molar-refractivity contribution < 1.29 is 19.1 Å². The summed E-state index contributed by atoms with van der Waals surface area (Å²) in [5, 5.41) is 5.13. The van der Waals surface area contributed by atoms with E-state index in [1.54, 1.807) is 6.92 Å². The molecule has 2 aromatic carbocycles. The van der Waals surface area contributed by atoms with Crippen LogP contribution in [0.15, 0.2) is 47.8 Å². The number of rotatable bonds is 7. The molecule has 0 spiro atoms. The number of anilines is 1. The maximum Gasteiger partial charge on any atom is 0.341 e. The molecule has 1 heterocycles. The van der Waals surface area contributed by atoms with Gasteiger partial charge in [-0.25, -0.2) is 4.79 Å². The second kappa shape index (κ2) is 9.59. The van der Waals surface area contributed by atoms with Gasteiger partial charge in [0.15, 0.2) is 6.61 Å². The number of nitrogens with one attached hydrogen (secondary N) is 1. The highest BCUT2D eigenvalue weighted by molar-refractivity contribution is 7.15. The number of esters is 1. The lowest BCUT2D eigenvalue weighted by molar-refractivity contribution is -0.118. The number of benzene rings is 2. The fourth-order valence-electron chi connectivity index (χ4n) is 2.92. The summed E-state index contributed by atoms with van der Waals surface area (Å²) < 4.78 is 10.8. The van der Waals surface area contributed by atoms with Crippen molar-refractivity contribution in [2.75, 3.05) is 18.5 Å². The number of carbonyl (C=O) groups is 2. The number of amides is 1. The third-order valence-electron chi connectivity index (χ3n) is 4.73. The topological polar surface area (TPSA) is 64.6 Å². The second-order valence-electron chi connectivity index (χ2n) is 7.02. The third kappa shape index (κ3) is 5.07. The van der Waals surface area contributed by atoms with Gasteiger partial charge in [0.1, 0.15) is 16.3 Å². The van der Waals surface area contributed by atoms with Crippen LogP contribution in [-0.4, -0.2) is 25.1 Å². The van der Waals surface area contributed by atoms with E-state index < -0.39 is 5.97 Å². The molecule has 0 bridgehead atoms. The van der Waals surface area contributed by atoms with Crippen LogP contribution in [0.4, 0.5) is 5.00 Å². The van der Waals surface area contributed by atoms with E-state index in [1.165, 1.54) is 16.9 Å². The first-order valence-electron chi connectivity index (χ1n) is 9.74. The standard InChI is InChI=1S/C24H25NO4S/c1-5-28-24(27)22-20(18-9-8-16(3)17(4)12-18)14-30-23(22)25-21(26)13-29-19-10-6-15(2)7-11-19/h6-12,14H,5,13H2,1-4H3,(H,25,26). The first-order chi connectivity index (χ1) is 14.4. The van der Waals surface area contributed by atoms with Crippen LogP contribution in [-0.2, 0) is 9.53 Å². The van der Waals surface area contributed by atoms with E-state index in [4.69, 9.17) is 9.47 Å². The average molecular weight is 424 g/mol. The Morgan fingerprint density at radius 2 is 1.73 bits per heavy atom. The molecule has 1 N–H and O–H groups in total. The van der Waals surface area contributed by atoms with E-state index in [1.807, 2.05) is 68.6 Å². The van der Waals surface area contributed by atoms with Crippen LogP contribution in [0.3, 0.4) is 0 Å². The largest absolute Gasteiger partial charge is 0.484 e. The van der Waals surface area contributed by atoms with Crippen molar-refractivity contribution in [1.82, 2.24) is 0 Å². The van der Waals surface area contributed by atoms with Crippen LogP contribution < -0.4 is 10.1 Å². The Labute approximate surface area is 180 Å². The maximum atomic E-state index is 12.7. The first-order valence-corrected chi connectivity index (χ1v) is 10.6. The molecule has 0 aliphatic carbocycles. The maximum absolute atomic E-state index is 12.7. The Balaban J connectivity index is 1.82. The SMILES string of the molecule is CCOC(=O)c1c(-c2ccc(C)c(C)c2)csc1NC(=O)COc1ccc(C)cc1. The Morgan fingerprint density at radius 1 is 1.00 bits per heavy atom. The van der Waals surface area contributed by atoms with Gasteiger partial charge in [0.25, 0.3) is 5.91 Å². The van der Waals surface area contributed by atoms with Crippen LogP contribution in [0.25, 0.3) is 11.1 Å². The number of thiophene rings is 1. The summed E-state index contributed by atoms with van der Waals surface area (Å²) in [5.41, 5.74) is 5.45. The molecule has 3 aromatic rings. The molecular weight excluding hydrogens is 398 g/mol. The molecule has 3 rings (SSSR count). The van der Waals surface area contributed by atoms with Crippen molar-refractivity contribution in [3.8, 4) is 16.9 Å². The lowest BCUT2D eigenvalue weighted by Gasteiger charge is -2.10. The molecule has 0 atom stereocenters. The van der Waals surface area contributed by atoms with Crippen molar-refractivity contribution in [2.45, 2.75) is 27.7 Å². The van der Waals surface area contributed by atoms with Gasteiger partial charge in [-0.05, 0) is 56.5 Å². The van der Waals surface area contributed by atoms with Crippen LogP contribution in [0.1, 0.15) is 34.0 Å². The fraction of sp³-hybridized carbons (Fsp3) is 0.250. The van der Waals surface area contributed by atoms with Crippen molar-refractivity contribution in [1.29, 1.82) is 0 Å². The quantitative estimate of drug-likeness (QED) is 0.507. The number of hydrogen-bond acceptors (Lipinski definition) is 5. The zero-order valence-electron chi connectivity index (χ0n) is 17.6. The molecule has 0 saturated heterocycles. The molecule has 0 unspecified atom stereocenters. The molecular formula is C24H25NO4S. The lowest BCUT2D eigenvalue weighted by atomic mass is 9.99. The van der Waals surface area contributed by atoms with E-state index >= 15 is 0 Å². The summed E-state index contributed by atoms with van der Waals surface area (Å²) in [6.45, 7) is 7.91. The van der Waals surface area contributed by atoms with Crippen LogP contribution >= 0.6 is 11.3 Å². The summed E-state index contributed by atoms with van der Waals surface area (Å²) in [7, 11) is 0. The average Bonchev–Trinajstić information content (AvgIpc) is 3.13. The van der Waals surface area contributed by atoms with E-state index in [2.05, 4.69) is 5.32 Å².